The van der Waals surface area contributed by atoms with Gasteiger partial charge in [0, 0.05) is 24.5 Å². The van der Waals surface area contributed by atoms with Gasteiger partial charge < -0.3 is 10.6 Å². The molecule has 1 aliphatic rings. The molecule has 0 saturated heterocycles. The second-order valence-corrected chi connectivity index (χ2v) is 4.74. The van der Waals surface area contributed by atoms with Crippen LogP contribution < -0.4 is 10.6 Å². The lowest BCUT2D eigenvalue weighted by molar-refractivity contribution is 0.371. The minimum atomic E-state index is 0.546. The summed E-state index contributed by atoms with van der Waals surface area (Å²) in [5.74, 6) is 0. The van der Waals surface area contributed by atoms with Crippen LogP contribution in [0.5, 0.6) is 0 Å². The highest BCUT2D eigenvalue weighted by molar-refractivity contribution is 6.33. The molecule has 2 rings (SSSR count). The summed E-state index contributed by atoms with van der Waals surface area (Å²) >= 11 is 6.06. The molecule has 0 aromatic carbocycles. The van der Waals surface area contributed by atoms with Crippen molar-refractivity contribution in [3.63, 3.8) is 0 Å². The van der Waals surface area contributed by atoms with Crippen LogP contribution in [0.4, 0.5) is 5.69 Å². The van der Waals surface area contributed by atoms with Gasteiger partial charge in [0.15, 0.2) is 0 Å². The van der Waals surface area contributed by atoms with Crippen LogP contribution in [0, 0.1) is 0 Å². The molecule has 1 aliphatic carbocycles. The Labute approximate surface area is 102 Å². The minimum absolute atomic E-state index is 0.546. The Morgan fingerprint density at radius 1 is 1.25 bits per heavy atom. The summed E-state index contributed by atoms with van der Waals surface area (Å²) in [5, 5.41) is 7.54. The molecule has 0 bridgehead atoms. The smallest absolute Gasteiger partial charge is 0.0820 e. The highest BCUT2D eigenvalue weighted by Gasteiger charge is 2.20. The normalized spacial score (nSPS) is 25.4. The van der Waals surface area contributed by atoms with Gasteiger partial charge in [-0.3, -0.25) is 4.98 Å². The Morgan fingerprint density at radius 2 is 1.94 bits per heavy atom. The van der Waals surface area contributed by atoms with Gasteiger partial charge in [-0.25, -0.2) is 0 Å². The van der Waals surface area contributed by atoms with Crippen LogP contribution in [-0.4, -0.2) is 24.1 Å². The number of nitrogens with zero attached hydrogens (tertiary/aromatic N) is 1. The van der Waals surface area contributed by atoms with E-state index in [0.717, 1.165) is 5.69 Å². The first-order valence-corrected chi connectivity index (χ1v) is 6.20. The minimum Gasteiger partial charge on any atom is -0.381 e. The Bertz CT molecular complexity index is 335. The van der Waals surface area contributed by atoms with Crippen molar-refractivity contribution in [2.75, 3.05) is 12.4 Å². The van der Waals surface area contributed by atoms with E-state index in [9.17, 15) is 0 Å². The van der Waals surface area contributed by atoms with Gasteiger partial charge in [0.1, 0.15) is 0 Å². The molecule has 0 spiro atoms. The summed E-state index contributed by atoms with van der Waals surface area (Å²) in [6, 6.07) is 3.17. The van der Waals surface area contributed by atoms with Crippen molar-refractivity contribution < 1.29 is 0 Å². The summed E-state index contributed by atoms with van der Waals surface area (Å²) in [4.78, 5) is 3.98. The van der Waals surface area contributed by atoms with Crippen LogP contribution in [0.1, 0.15) is 25.7 Å². The summed E-state index contributed by atoms with van der Waals surface area (Å²) in [5.41, 5.74) is 1.00. The summed E-state index contributed by atoms with van der Waals surface area (Å²) in [7, 11) is 2.04. The molecule has 0 aliphatic heterocycles. The lowest BCUT2D eigenvalue weighted by Crippen LogP contribution is -2.35. The molecule has 2 N–H and O–H groups in total. The topological polar surface area (TPSA) is 37.0 Å². The van der Waals surface area contributed by atoms with Crippen LogP contribution >= 0.6 is 11.6 Å². The monoisotopic (exact) mass is 239 g/mol. The molecule has 3 nitrogen and oxygen atoms in total. The largest absolute Gasteiger partial charge is 0.381 e. The van der Waals surface area contributed by atoms with E-state index in [1.165, 1.54) is 25.7 Å². The van der Waals surface area contributed by atoms with Crippen LogP contribution in [0.15, 0.2) is 18.5 Å². The number of rotatable bonds is 3. The fourth-order valence-electron chi connectivity index (χ4n) is 2.24. The fraction of sp³-hybridized carbons (Fsp3) is 0.583. The zero-order chi connectivity index (χ0) is 11.4. The third-order valence-electron chi connectivity index (χ3n) is 3.27. The van der Waals surface area contributed by atoms with Gasteiger partial charge in [-0.2, -0.15) is 0 Å². The number of halogens is 1. The Morgan fingerprint density at radius 3 is 2.56 bits per heavy atom. The molecule has 0 atom stereocenters. The number of anilines is 1. The molecule has 88 valence electrons. The number of pyridine rings is 1. The van der Waals surface area contributed by atoms with Gasteiger partial charge in [-0.15, -0.1) is 0 Å². The summed E-state index contributed by atoms with van der Waals surface area (Å²) in [6.07, 6.45) is 8.32. The van der Waals surface area contributed by atoms with Gasteiger partial charge in [-0.05, 0) is 38.8 Å². The van der Waals surface area contributed by atoms with Crippen molar-refractivity contribution in [3.05, 3.63) is 23.5 Å². The Hall–Kier alpha value is -0.800. The van der Waals surface area contributed by atoms with Gasteiger partial charge in [0.25, 0.3) is 0 Å². The first kappa shape index (κ1) is 11.7. The van der Waals surface area contributed by atoms with Crippen LogP contribution in [0.25, 0.3) is 0 Å². The van der Waals surface area contributed by atoms with E-state index in [4.69, 9.17) is 11.6 Å². The average Bonchev–Trinajstić information content (AvgIpc) is 2.33. The first-order valence-electron chi connectivity index (χ1n) is 5.83. The zero-order valence-corrected chi connectivity index (χ0v) is 10.3. The molecular formula is C12H18ClN3. The molecule has 0 radical (unpaired) electrons. The van der Waals surface area contributed by atoms with Crippen LogP contribution in [0.3, 0.4) is 0 Å². The van der Waals surface area contributed by atoms with Crippen molar-refractivity contribution >= 4 is 17.3 Å². The van der Waals surface area contributed by atoms with Crippen molar-refractivity contribution in [2.45, 2.75) is 37.8 Å². The Balaban J connectivity index is 1.89. The molecule has 4 heteroatoms. The highest BCUT2D eigenvalue weighted by Crippen LogP contribution is 2.25. The lowest BCUT2D eigenvalue weighted by atomic mass is 9.91. The molecule has 1 aromatic rings. The maximum atomic E-state index is 6.06. The molecule has 0 amide bonds. The number of nitrogens with one attached hydrogen (secondary N) is 2. The van der Waals surface area contributed by atoms with Crippen LogP contribution in [0.2, 0.25) is 5.02 Å². The predicted molar refractivity (Wildman–Crippen MR) is 68.0 cm³/mol. The average molecular weight is 240 g/mol. The number of aromatic nitrogens is 1. The van der Waals surface area contributed by atoms with E-state index >= 15 is 0 Å². The van der Waals surface area contributed by atoms with Crippen molar-refractivity contribution in [1.82, 2.24) is 10.3 Å². The SMILES string of the molecule is CNC1CCC(Nc2ccncc2Cl)CC1. The molecule has 1 aromatic heterocycles. The van der Waals surface area contributed by atoms with E-state index in [1.807, 2.05) is 13.1 Å². The standard InChI is InChI=1S/C12H18ClN3/c1-14-9-2-4-10(5-3-9)16-12-6-7-15-8-11(12)13/h6-10,14H,2-5H2,1H3,(H,15,16). The van der Waals surface area contributed by atoms with E-state index in [-0.39, 0.29) is 0 Å². The predicted octanol–water partition coefficient (Wildman–Crippen LogP) is 2.68. The quantitative estimate of drug-likeness (QED) is 0.852. The zero-order valence-electron chi connectivity index (χ0n) is 9.54. The van der Waals surface area contributed by atoms with Gasteiger partial charge in [-0.1, -0.05) is 11.6 Å². The van der Waals surface area contributed by atoms with E-state index in [2.05, 4.69) is 15.6 Å². The second kappa shape index (κ2) is 5.51. The maximum Gasteiger partial charge on any atom is 0.0820 e. The number of hydrogen-bond donors (Lipinski definition) is 2. The van der Waals surface area contributed by atoms with E-state index < -0.39 is 0 Å². The Kier molecular flexibility index (Phi) is 4.02. The summed E-state index contributed by atoms with van der Waals surface area (Å²) < 4.78 is 0. The van der Waals surface area contributed by atoms with Gasteiger partial charge in [0.2, 0.25) is 0 Å². The van der Waals surface area contributed by atoms with Gasteiger partial charge >= 0.3 is 0 Å². The maximum absolute atomic E-state index is 6.06. The highest BCUT2D eigenvalue weighted by atomic mass is 35.5. The molecule has 1 saturated carbocycles. The first-order chi connectivity index (χ1) is 7.79. The molecule has 0 unspecified atom stereocenters. The third-order valence-corrected chi connectivity index (χ3v) is 3.57. The van der Waals surface area contributed by atoms with Crippen molar-refractivity contribution in [2.24, 2.45) is 0 Å². The van der Waals surface area contributed by atoms with E-state index in [0.29, 0.717) is 17.1 Å². The lowest BCUT2D eigenvalue weighted by Gasteiger charge is -2.29. The molecular weight excluding hydrogens is 222 g/mol. The van der Waals surface area contributed by atoms with Crippen molar-refractivity contribution in [3.8, 4) is 0 Å². The fourth-order valence-corrected chi connectivity index (χ4v) is 2.41. The molecule has 1 heterocycles. The molecule has 1 fully saturated rings. The third kappa shape index (κ3) is 2.86. The van der Waals surface area contributed by atoms with E-state index in [1.54, 1.807) is 12.4 Å². The summed E-state index contributed by atoms with van der Waals surface area (Å²) in [6.45, 7) is 0. The molecule has 16 heavy (non-hydrogen) atoms. The number of hydrogen-bond acceptors (Lipinski definition) is 3. The van der Waals surface area contributed by atoms with Crippen molar-refractivity contribution in [1.29, 1.82) is 0 Å². The van der Waals surface area contributed by atoms with Gasteiger partial charge in [0.05, 0.1) is 10.7 Å². The second-order valence-electron chi connectivity index (χ2n) is 4.34. The van der Waals surface area contributed by atoms with Crippen LogP contribution in [-0.2, 0) is 0 Å².